The van der Waals surface area contributed by atoms with E-state index in [1.165, 1.54) is 12.2 Å². The first-order chi connectivity index (χ1) is 6.98. The molecule has 0 amide bonds. The van der Waals surface area contributed by atoms with E-state index in [1.54, 1.807) is 6.08 Å². The van der Waals surface area contributed by atoms with Crippen LogP contribution in [-0.2, 0) is 9.53 Å². The zero-order valence-corrected chi connectivity index (χ0v) is 9.27. The number of carbonyl (C=O) groups excluding carboxylic acids is 1. The summed E-state index contributed by atoms with van der Waals surface area (Å²) < 4.78 is 5.42. The fraction of sp³-hybridized carbons (Fsp3) is 0.583. The average Bonchev–Trinajstić information content (AvgIpc) is 2.19. The molecule has 0 spiro atoms. The predicted octanol–water partition coefficient (Wildman–Crippen LogP) is 1.82. The highest BCUT2D eigenvalue weighted by atomic mass is 16.6. The molecule has 0 aromatic heterocycles. The monoisotopic (exact) mass is 210 g/mol. The molecule has 0 radical (unpaired) electrons. The van der Waals surface area contributed by atoms with Gasteiger partial charge in [-0.3, -0.25) is 4.79 Å². The van der Waals surface area contributed by atoms with Gasteiger partial charge in [-0.15, -0.1) is 6.58 Å². The number of hydrogen-bond donors (Lipinski definition) is 1. The van der Waals surface area contributed by atoms with Gasteiger partial charge in [-0.25, -0.2) is 0 Å². The Labute approximate surface area is 90.4 Å². The van der Waals surface area contributed by atoms with Gasteiger partial charge in [0.25, 0.3) is 0 Å². The first kappa shape index (κ1) is 12.1. The second-order valence-corrected chi connectivity index (χ2v) is 4.19. The van der Waals surface area contributed by atoms with Gasteiger partial charge in [-0.05, 0) is 24.5 Å². The first-order valence-electron chi connectivity index (χ1n) is 5.22. The molecule has 15 heavy (non-hydrogen) atoms. The molecule has 1 N–H and O–H groups in total. The number of allylic oxidation sites excluding steroid dienone is 1. The molecule has 84 valence electrons. The number of hydrogen-bond acceptors (Lipinski definition) is 3. The SMILES string of the molecule is C=CCC[C@@]1(O)C=CC(=O)[C@@H](C(C)C)O1. The molecule has 0 fully saturated rings. The molecule has 1 aliphatic heterocycles. The summed E-state index contributed by atoms with van der Waals surface area (Å²) in [6, 6.07) is 0. The molecule has 0 aromatic rings. The number of aliphatic hydroxyl groups is 1. The zero-order chi connectivity index (χ0) is 11.5. The maximum absolute atomic E-state index is 11.5. The summed E-state index contributed by atoms with van der Waals surface area (Å²) in [5.41, 5.74) is 0. The van der Waals surface area contributed by atoms with Crippen molar-refractivity contribution in [3.8, 4) is 0 Å². The summed E-state index contributed by atoms with van der Waals surface area (Å²) in [6.45, 7) is 7.38. The van der Waals surface area contributed by atoms with Crippen molar-refractivity contribution in [3.05, 3.63) is 24.8 Å². The second-order valence-electron chi connectivity index (χ2n) is 4.19. The minimum Gasteiger partial charge on any atom is -0.362 e. The van der Waals surface area contributed by atoms with Crippen molar-refractivity contribution < 1.29 is 14.6 Å². The van der Waals surface area contributed by atoms with Crippen LogP contribution in [0.4, 0.5) is 0 Å². The van der Waals surface area contributed by atoms with Crippen molar-refractivity contribution >= 4 is 5.78 Å². The maximum atomic E-state index is 11.5. The third kappa shape index (κ3) is 3.01. The van der Waals surface area contributed by atoms with E-state index in [0.29, 0.717) is 12.8 Å². The molecule has 1 rings (SSSR count). The van der Waals surface area contributed by atoms with Gasteiger partial charge in [0.05, 0.1) is 0 Å². The van der Waals surface area contributed by atoms with Crippen LogP contribution >= 0.6 is 0 Å². The van der Waals surface area contributed by atoms with Gasteiger partial charge < -0.3 is 9.84 Å². The molecular formula is C12H18O3. The van der Waals surface area contributed by atoms with E-state index in [1.807, 2.05) is 13.8 Å². The Balaban J connectivity index is 2.74. The normalized spacial score (nSPS) is 30.9. The first-order valence-corrected chi connectivity index (χ1v) is 5.22. The minimum absolute atomic E-state index is 0.0673. The van der Waals surface area contributed by atoms with Gasteiger partial charge >= 0.3 is 0 Å². The van der Waals surface area contributed by atoms with Gasteiger partial charge in [-0.1, -0.05) is 19.9 Å². The summed E-state index contributed by atoms with van der Waals surface area (Å²) in [4.78, 5) is 11.5. The topological polar surface area (TPSA) is 46.5 Å². The van der Waals surface area contributed by atoms with E-state index >= 15 is 0 Å². The Morgan fingerprint density at radius 2 is 2.40 bits per heavy atom. The molecule has 1 aliphatic rings. The van der Waals surface area contributed by atoms with Crippen LogP contribution in [0.2, 0.25) is 0 Å². The molecule has 3 nitrogen and oxygen atoms in total. The lowest BCUT2D eigenvalue weighted by Crippen LogP contribution is -2.44. The molecule has 0 unspecified atom stereocenters. The van der Waals surface area contributed by atoms with Gasteiger partial charge in [0.1, 0.15) is 6.10 Å². The van der Waals surface area contributed by atoms with Crippen LogP contribution in [0.1, 0.15) is 26.7 Å². The lowest BCUT2D eigenvalue weighted by molar-refractivity contribution is -0.212. The van der Waals surface area contributed by atoms with Gasteiger partial charge in [0.2, 0.25) is 0 Å². The Hall–Kier alpha value is -0.930. The lowest BCUT2D eigenvalue weighted by Gasteiger charge is -2.33. The van der Waals surface area contributed by atoms with E-state index in [0.717, 1.165) is 0 Å². The van der Waals surface area contributed by atoms with Crippen LogP contribution in [0.25, 0.3) is 0 Å². The molecule has 0 saturated heterocycles. The molecule has 1 heterocycles. The Morgan fingerprint density at radius 3 is 2.93 bits per heavy atom. The highest BCUT2D eigenvalue weighted by Gasteiger charge is 2.36. The summed E-state index contributed by atoms with van der Waals surface area (Å²) in [7, 11) is 0. The average molecular weight is 210 g/mol. The van der Waals surface area contributed by atoms with Crippen molar-refractivity contribution in [3.63, 3.8) is 0 Å². The zero-order valence-electron chi connectivity index (χ0n) is 9.27. The van der Waals surface area contributed by atoms with Gasteiger partial charge in [-0.2, -0.15) is 0 Å². The van der Waals surface area contributed by atoms with Crippen LogP contribution in [0.15, 0.2) is 24.8 Å². The Morgan fingerprint density at radius 1 is 1.73 bits per heavy atom. The highest BCUT2D eigenvalue weighted by Crippen LogP contribution is 2.26. The summed E-state index contributed by atoms with van der Waals surface area (Å²) in [6.07, 6.45) is 5.11. The fourth-order valence-electron chi connectivity index (χ4n) is 1.54. The van der Waals surface area contributed by atoms with E-state index in [-0.39, 0.29) is 11.7 Å². The van der Waals surface area contributed by atoms with Crippen molar-refractivity contribution in [2.24, 2.45) is 5.92 Å². The summed E-state index contributed by atoms with van der Waals surface area (Å²) in [5.74, 6) is -1.32. The van der Waals surface area contributed by atoms with Crippen molar-refractivity contribution in [1.82, 2.24) is 0 Å². The highest BCUT2D eigenvalue weighted by molar-refractivity contribution is 5.94. The summed E-state index contributed by atoms with van der Waals surface area (Å²) >= 11 is 0. The Kier molecular flexibility index (Phi) is 3.83. The fourth-order valence-corrected chi connectivity index (χ4v) is 1.54. The molecule has 0 aromatic carbocycles. The number of rotatable bonds is 4. The van der Waals surface area contributed by atoms with Crippen molar-refractivity contribution in [2.45, 2.75) is 38.6 Å². The molecule has 0 saturated carbocycles. The Bertz CT molecular complexity index is 281. The maximum Gasteiger partial charge on any atom is 0.186 e. The molecule has 0 aliphatic carbocycles. The molecule has 2 atom stereocenters. The quantitative estimate of drug-likeness (QED) is 0.720. The van der Waals surface area contributed by atoms with Gasteiger partial charge in [0, 0.05) is 6.42 Å². The van der Waals surface area contributed by atoms with E-state index in [9.17, 15) is 9.90 Å². The van der Waals surface area contributed by atoms with Crippen LogP contribution < -0.4 is 0 Å². The van der Waals surface area contributed by atoms with Crippen LogP contribution in [0.5, 0.6) is 0 Å². The van der Waals surface area contributed by atoms with Crippen LogP contribution in [-0.4, -0.2) is 22.8 Å². The van der Waals surface area contributed by atoms with E-state index in [2.05, 4.69) is 6.58 Å². The van der Waals surface area contributed by atoms with E-state index in [4.69, 9.17) is 4.74 Å². The summed E-state index contributed by atoms with van der Waals surface area (Å²) in [5, 5.41) is 10.0. The molecule has 3 heteroatoms. The van der Waals surface area contributed by atoms with Crippen LogP contribution in [0.3, 0.4) is 0 Å². The number of ketones is 1. The standard InChI is InChI=1S/C12H18O3/c1-4-5-7-12(14)8-6-10(13)11(15-12)9(2)3/h4,6,8-9,11,14H,1,5,7H2,2-3H3/t11-,12+/m1/s1. The largest absolute Gasteiger partial charge is 0.362 e. The van der Waals surface area contributed by atoms with E-state index < -0.39 is 11.9 Å². The molecular weight excluding hydrogens is 192 g/mol. The molecule has 0 bridgehead atoms. The number of carbonyl (C=O) groups is 1. The lowest BCUT2D eigenvalue weighted by atomic mass is 9.97. The van der Waals surface area contributed by atoms with Crippen molar-refractivity contribution in [2.75, 3.05) is 0 Å². The predicted molar refractivity (Wildman–Crippen MR) is 58.2 cm³/mol. The van der Waals surface area contributed by atoms with Gasteiger partial charge in [0.15, 0.2) is 11.6 Å². The smallest absolute Gasteiger partial charge is 0.186 e. The van der Waals surface area contributed by atoms with Crippen LogP contribution in [0, 0.1) is 5.92 Å². The second kappa shape index (κ2) is 4.73. The van der Waals surface area contributed by atoms with Crippen molar-refractivity contribution in [1.29, 1.82) is 0 Å². The third-order valence-electron chi connectivity index (χ3n) is 2.43. The third-order valence-corrected chi connectivity index (χ3v) is 2.43. The minimum atomic E-state index is -1.31. The number of ether oxygens (including phenoxy) is 1.